The van der Waals surface area contributed by atoms with Gasteiger partial charge in [-0.3, -0.25) is 9.78 Å². The van der Waals surface area contributed by atoms with Crippen molar-refractivity contribution < 1.29 is 4.79 Å². The predicted molar refractivity (Wildman–Crippen MR) is 83.5 cm³/mol. The summed E-state index contributed by atoms with van der Waals surface area (Å²) in [5, 5.41) is 4.16. The van der Waals surface area contributed by atoms with Crippen LogP contribution in [0.1, 0.15) is 22.3 Å². The first kappa shape index (κ1) is 14.2. The second-order valence-corrected chi connectivity index (χ2v) is 5.93. The molecular formula is C15H18N4OS. The number of hydrogen-bond donors (Lipinski definition) is 1. The lowest BCUT2D eigenvalue weighted by Crippen LogP contribution is -2.46. The summed E-state index contributed by atoms with van der Waals surface area (Å²) in [6, 6.07) is 3.86. The van der Waals surface area contributed by atoms with Crippen LogP contribution < -0.4 is 5.32 Å². The summed E-state index contributed by atoms with van der Waals surface area (Å²) in [6.45, 7) is 5.31. The molecule has 0 bridgehead atoms. The van der Waals surface area contributed by atoms with E-state index < -0.39 is 0 Å². The van der Waals surface area contributed by atoms with E-state index >= 15 is 0 Å². The van der Waals surface area contributed by atoms with Crippen molar-refractivity contribution in [3.63, 3.8) is 0 Å². The summed E-state index contributed by atoms with van der Waals surface area (Å²) >= 11 is 1.49. The zero-order valence-corrected chi connectivity index (χ0v) is 12.8. The molecule has 1 saturated heterocycles. The first-order valence-corrected chi connectivity index (χ1v) is 8.01. The van der Waals surface area contributed by atoms with Gasteiger partial charge >= 0.3 is 0 Å². The van der Waals surface area contributed by atoms with Crippen molar-refractivity contribution >= 4 is 17.2 Å². The highest BCUT2D eigenvalue weighted by molar-refractivity contribution is 7.17. The molecule has 3 rings (SSSR count). The molecule has 0 atom stereocenters. The molecule has 0 saturated carbocycles. The van der Waals surface area contributed by atoms with Crippen LogP contribution in [-0.4, -0.2) is 47.0 Å². The van der Waals surface area contributed by atoms with Gasteiger partial charge in [0.2, 0.25) is 0 Å². The molecule has 2 aromatic rings. The van der Waals surface area contributed by atoms with E-state index in [0.717, 1.165) is 53.7 Å². The van der Waals surface area contributed by atoms with Crippen LogP contribution in [0.2, 0.25) is 0 Å². The lowest BCUT2D eigenvalue weighted by atomic mass is 10.2. The summed E-state index contributed by atoms with van der Waals surface area (Å²) in [4.78, 5) is 24.0. The van der Waals surface area contributed by atoms with Crippen LogP contribution in [0.4, 0.5) is 0 Å². The van der Waals surface area contributed by atoms with E-state index in [4.69, 9.17) is 0 Å². The largest absolute Gasteiger partial charge is 0.335 e. The van der Waals surface area contributed by atoms with Crippen molar-refractivity contribution in [1.29, 1.82) is 0 Å². The molecule has 21 heavy (non-hydrogen) atoms. The Balaban J connectivity index is 1.91. The Morgan fingerprint density at radius 1 is 1.33 bits per heavy atom. The van der Waals surface area contributed by atoms with Crippen LogP contribution in [0.3, 0.4) is 0 Å². The van der Waals surface area contributed by atoms with Crippen LogP contribution in [0, 0.1) is 0 Å². The number of hydrogen-bond acceptors (Lipinski definition) is 5. The zero-order chi connectivity index (χ0) is 14.7. The van der Waals surface area contributed by atoms with Crippen molar-refractivity contribution in [2.24, 2.45) is 0 Å². The van der Waals surface area contributed by atoms with Crippen molar-refractivity contribution in [2.45, 2.75) is 13.3 Å². The fourth-order valence-electron chi connectivity index (χ4n) is 2.39. The molecular weight excluding hydrogens is 284 g/mol. The van der Waals surface area contributed by atoms with Crippen LogP contribution in [0.5, 0.6) is 0 Å². The molecule has 1 fully saturated rings. The van der Waals surface area contributed by atoms with Gasteiger partial charge in [-0.25, -0.2) is 4.98 Å². The first-order valence-electron chi connectivity index (χ1n) is 7.19. The van der Waals surface area contributed by atoms with Gasteiger partial charge in [-0.05, 0) is 18.6 Å². The monoisotopic (exact) mass is 302 g/mol. The molecule has 0 unspecified atom stereocenters. The molecule has 0 spiro atoms. The quantitative estimate of drug-likeness (QED) is 0.939. The Morgan fingerprint density at radius 3 is 2.71 bits per heavy atom. The highest BCUT2D eigenvalue weighted by Gasteiger charge is 2.24. The molecule has 2 aromatic heterocycles. The van der Waals surface area contributed by atoms with Gasteiger partial charge in [-0.15, -0.1) is 11.3 Å². The zero-order valence-electron chi connectivity index (χ0n) is 12.0. The molecule has 0 aromatic carbocycles. The SMILES string of the molecule is CCc1nc(-c2ccncc2)sc1C(=O)N1CCNCC1. The summed E-state index contributed by atoms with van der Waals surface area (Å²) in [7, 11) is 0. The van der Waals surface area contributed by atoms with Crippen LogP contribution in [0.25, 0.3) is 10.6 Å². The maximum Gasteiger partial charge on any atom is 0.265 e. The molecule has 5 nitrogen and oxygen atoms in total. The van der Waals surface area contributed by atoms with E-state index in [9.17, 15) is 4.79 Å². The predicted octanol–water partition coefficient (Wildman–Crippen LogP) is 1.81. The van der Waals surface area contributed by atoms with Gasteiger partial charge in [0.1, 0.15) is 9.88 Å². The number of carbonyl (C=O) groups is 1. The maximum absolute atomic E-state index is 12.7. The van der Waals surface area contributed by atoms with E-state index in [1.54, 1.807) is 12.4 Å². The minimum Gasteiger partial charge on any atom is -0.335 e. The van der Waals surface area contributed by atoms with Gasteiger partial charge in [0.15, 0.2) is 0 Å². The molecule has 1 N–H and O–H groups in total. The highest BCUT2D eigenvalue weighted by Crippen LogP contribution is 2.29. The third-order valence-corrected chi connectivity index (χ3v) is 4.69. The molecule has 6 heteroatoms. The topological polar surface area (TPSA) is 58.1 Å². The summed E-state index contributed by atoms with van der Waals surface area (Å²) in [6.07, 6.45) is 4.27. The number of aromatic nitrogens is 2. The second-order valence-electron chi connectivity index (χ2n) is 4.93. The van der Waals surface area contributed by atoms with Crippen molar-refractivity contribution in [3.05, 3.63) is 35.1 Å². The Bertz CT molecular complexity index is 620. The van der Waals surface area contributed by atoms with Crippen molar-refractivity contribution in [3.8, 4) is 10.6 Å². The molecule has 1 amide bonds. The van der Waals surface area contributed by atoms with E-state index in [2.05, 4.69) is 15.3 Å². The Labute approximate surface area is 128 Å². The Morgan fingerprint density at radius 2 is 2.05 bits per heavy atom. The lowest BCUT2D eigenvalue weighted by molar-refractivity contribution is 0.0739. The minimum absolute atomic E-state index is 0.117. The van der Waals surface area contributed by atoms with Gasteiger partial charge in [0, 0.05) is 44.1 Å². The number of aryl methyl sites for hydroxylation is 1. The fraction of sp³-hybridized carbons (Fsp3) is 0.400. The number of amides is 1. The first-order chi connectivity index (χ1) is 10.3. The van der Waals surface area contributed by atoms with Gasteiger partial charge in [-0.1, -0.05) is 6.92 Å². The third-order valence-electron chi connectivity index (χ3n) is 3.56. The second kappa shape index (κ2) is 6.32. The molecule has 0 aliphatic carbocycles. The fourth-order valence-corrected chi connectivity index (χ4v) is 3.52. The van der Waals surface area contributed by atoms with Crippen molar-refractivity contribution in [2.75, 3.05) is 26.2 Å². The number of thiazole rings is 1. The number of nitrogens with zero attached hydrogens (tertiary/aromatic N) is 3. The summed E-state index contributed by atoms with van der Waals surface area (Å²) in [5.74, 6) is 0.117. The molecule has 0 radical (unpaired) electrons. The highest BCUT2D eigenvalue weighted by atomic mass is 32.1. The molecule has 1 aliphatic heterocycles. The van der Waals surface area contributed by atoms with E-state index in [0.29, 0.717) is 0 Å². The van der Waals surface area contributed by atoms with E-state index in [-0.39, 0.29) is 5.91 Å². The molecule has 1 aliphatic rings. The molecule has 110 valence electrons. The van der Waals surface area contributed by atoms with Gasteiger partial charge in [-0.2, -0.15) is 0 Å². The number of nitrogens with one attached hydrogen (secondary N) is 1. The van der Waals surface area contributed by atoms with Crippen LogP contribution in [-0.2, 0) is 6.42 Å². The Hall–Kier alpha value is -1.79. The normalized spacial score (nSPS) is 15.2. The summed E-state index contributed by atoms with van der Waals surface area (Å²) in [5.41, 5.74) is 1.92. The van der Waals surface area contributed by atoms with Gasteiger partial charge in [0.05, 0.1) is 5.69 Å². The number of carbonyl (C=O) groups excluding carboxylic acids is 1. The maximum atomic E-state index is 12.7. The smallest absolute Gasteiger partial charge is 0.265 e. The number of rotatable bonds is 3. The average molecular weight is 302 g/mol. The van der Waals surface area contributed by atoms with Crippen LogP contribution in [0.15, 0.2) is 24.5 Å². The van der Waals surface area contributed by atoms with Gasteiger partial charge in [0.25, 0.3) is 5.91 Å². The van der Waals surface area contributed by atoms with E-state index in [1.807, 2.05) is 24.0 Å². The van der Waals surface area contributed by atoms with Crippen LogP contribution >= 0.6 is 11.3 Å². The third kappa shape index (κ3) is 2.96. The Kier molecular flexibility index (Phi) is 4.26. The van der Waals surface area contributed by atoms with E-state index in [1.165, 1.54) is 11.3 Å². The standard InChI is InChI=1S/C15H18N4OS/c1-2-12-13(15(20)19-9-7-17-8-10-19)21-14(18-12)11-3-5-16-6-4-11/h3-6,17H,2,7-10H2,1H3. The van der Waals surface area contributed by atoms with Gasteiger partial charge < -0.3 is 10.2 Å². The molecule has 3 heterocycles. The average Bonchev–Trinajstić information content (AvgIpc) is 3.00. The number of pyridine rings is 1. The van der Waals surface area contributed by atoms with Crippen molar-refractivity contribution in [1.82, 2.24) is 20.2 Å². The lowest BCUT2D eigenvalue weighted by Gasteiger charge is -2.27. The summed E-state index contributed by atoms with van der Waals surface area (Å²) < 4.78 is 0. The minimum atomic E-state index is 0.117. The number of piperazine rings is 1.